The number of allylic oxidation sites excluding steroid dienone is 3. The lowest BCUT2D eigenvalue weighted by Gasteiger charge is -2.41. The number of methoxy groups -OCH3 is 1. The van der Waals surface area contributed by atoms with Crippen molar-refractivity contribution in [1.29, 1.82) is 5.26 Å². The van der Waals surface area contributed by atoms with Crippen LogP contribution in [0.2, 0.25) is 0 Å². The lowest BCUT2D eigenvalue weighted by atomic mass is 9.75. The predicted octanol–water partition coefficient (Wildman–Crippen LogP) is 3.76. The Hall–Kier alpha value is -3.85. The average molecular weight is 396 g/mol. The van der Waals surface area contributed by atoms with E-state index < -0.39 is 5.92 Å². The number of carbonyl (C=O) groups excluding carboxylic acids is 1. The van der Waals surface area contributed by atoms with Crippen molar-refractivity contribution in [3.63, 3.8) is 0 Å². The molecule has 2 aromatic rings. The summed E-state index contributed by atoms with van der Waals surface area (Å²) in [7, 11) is 1.61. The quantitative estimate of drug-likeness (QED) is 0.834. The van der Waals surface area contributed by atoms with Crippen LogP contribution in [0.1, 0.15) is 36.3 Å². The normalized spacial score (nSPS) is 20.1. The molecule has 6 nitrogen and oxygen atoms in total. The van der Waals surface area contributed by atoms with Gasteiger partial charge in [-0.3, -0.25) is 9.69 Å². The van der Waals surface area contributed by atoms with E-state index in [1.54, 1.807) is 7.11 Å². The zero-order valence-corrected chi connectivity index (χ0v) is 16.6. The minimum Gasteiger partial charge on any atom is -0.497 e. The predicted molar refractivity (Wildman–Crippen MR) is 114 cm³/mol. The van der Waals surface area contributed by atoms with Crippen LogP contribution >= 0.6 is 0 Å². The van der Waals surface area contributed by atoms with Crippen molar-refractivity contribution < 1.29 is 9.53 Å². The molecule has 0 aromatic heterocycles. The summed E-state index contributed by atoms with van der Waals surface area (Å²) in [5.74, 6) is 1.24. The number of nitrogens with zero attached hydrogens (tertiary/aromatic N) is 3. The first-order valence-corrected chi connectivity index (χ1v) is 9.92. The standard InChI is InChI=1S/C24H20N4O2/c1-30-15-11-9-14(10-12-15)21-17(13-25)24-27-23(26)16-5-2-3-6-18(16)28(24)19-7-4-8-20(29)22(19)21/h2-3,5-6,9-12,21H,4,7-8H2,1H3,(H2,26,27)/t21-/m1/s1. The fraction of sp³-hybridized carbons (Fsp3) is 0.208. The summed E-state index contributed by atoms with van der Waals surface area (Å²) in [6, 6.07) is 17.6. The zero-order valence-electron chi connectivity index (χ0n) is 16.6. The Morgan fingerprint density at radius 3 is 2.67 bits per heavy atom. The number of ketones is 1. The van der Waals surface area contributed by atoms with Gasteiger partial charge in [0.05, 0.1) is 30.4 Å². The number of fused-ring (bicyclic) bond motifs is 4. The summed E-state index contributed by atoms with van der Waals surface area (Å²) in [5.41, 5.74) is 10.9. The molecule has 2 N–H and O–H groups in total. The lowest BCUT2D eigenvalue weighted by Crippen LogP contribution is -2.39. The van der Waals surface area contributed by atoms with Gasteiger partial charge < -0.3 is 10.5 Å². The number of rotatable bonds is 2. The molecule has 0 radical (unpaired) electrons. The molecule has 2 aliphatic heterocycles. The molecule has 1 aliphatic carbocycles. The smallest absolute Gasteiger partial charge is 0.161 e. The van der Waals surface area contributed by atoms with Gasteiger partial charge in [-0.05, 0) is 42.7 Å². The number of benzene rings is 2. The van der Waals surface area contributed by atoms with Gasteiger partial charge in [-0.2, -0.15) is 5.26 Å². The van der Waals surface area contributed by atoms with Gasteiger partial charge in [0.1, 0.15) is 11.6 Å². The van der Waals surface area contributed by atoms with Crippen molar-refractivity contribution >= 4 is 17.3 Å². The third-order valence-electron chi connectivity index (χ3n) is 5.95. The number of hydrogen-bond donors (Lipinski definition) is 1. The highest BCUT2D eigenvalue weighted by Crippen LogP contribution is 2.49. The Balaban J connectivity index is 1.80. The number of carbonyl (C=O) groups is 1. The van der Waals surface area contributed by atoms with Crippen molar-refractivity contribution in [2.75, 3.05) is 12.0 Å². The number of para-hydroxylation sites is 1. The van der Waals surface area contributed by atoms with E-state index in [-0.39, 0.29) is 5.78 Å². The van der Waals surface area contributed by atoms with Crippen molar-refractivity contribution in [1.82, 2.24) is 0 Å². The largest absolute Gasteiger partial charge is 0.497 e. The van der Waals surface area contributed by atoms with E-state index >= 15 is 0 Å². The van der Waals surface area contributed by atoms with Crippen LogP contribution < -0.4 is 15.4 Å². The van der Waals surface area contributed by atoms with Gasteiger partial charge in [-0.15, -0.1) is 0 Å². The van der Waals surface area contributed by atoms with Crippen LogP contribution in [0.25, 0.3) is 0 Å². The number of hydrogen-bond acceptors (Lipinski definition) is 6. The molecule has 0 saturated carbocycles. The molecule has 0 amide bonds. The number of amidine groups is 1. The van der Waals surface area contributed by atoms with E-state index in [1.807, 2.05) is 53.4 Å². The highest BCUT2D eigenvalue weighted by atomic mass is 16.5. The Labute approximate surface area is 174 Å². The number of aliphatic imine (C=N–C) groups is 1. The van der Waals surface area contributed by atoms with Crippen LogP contribution in [-0.2, 0) is 4.79 Å². The van der Waals surface area contributed by atoms with E-state index in [0.717, 1.165) is 41.1 Å². The summed E-state index contributed by atoms with van der Waals surface area (Å²) >= 11 is 0. The van der Waals surface area contributed by atoms with E-state index in [1.165, 1.54) is 0 Å². The molecule has 2 aromatic carbocycles. The topological polar surface area (TPSA) is 91.7 Å². The van der Waals surface area contributed by atoms with E-state index in [2.05, 4.69) is 11.1 Å². The molecule has 30 heavy (non-hydrogen) atoms. The number of Topliss-reactive ketones (excluding diaryl/α,β-unsaturated/α-hetero) is 1. The molecule has 1 atom stereocenters. The summed E-state index contributed by atoms with van der Waals surface area (Å²) < 4.78 is 5.27. The second-order valence-corrected chi connectivity index (χ2v) is 7.54. The molecule has 6 heteroatoms. The molecule has 0 spiro atoms. The molecule has 0 unspecified atom stereocenters. The molecule has 3 aliphatic rings. The maximum atomic E-state index is 13.1. The molecular formula is C24H20N4O2. The molecule has 0 bridgehead atoms. The number of anilines is 1. The lowest BCUT2D eigenvalue weighted by molar-refractivity contribution is -0.116. The Morgan fingerprint density at radius 1 is 1.17 bits per heavy atom. The van der Waals surface area contributed by atoms with E-state index in [0.29, 0.717) is 29.2 Å². The highest BCUT2D eigenvalue weighted by Gasteiger charge is 2.42. The SMILES string of the molecule is COc1ccc([C@@H]2C(C#N)=C3N=C(N)c4ccccc4N3C3=C2C(=O)CCC3)cc1. The van der Waals surface area contributed by atoms with Gasteiger partial charge in [-0.1, -0.05) is 24.3 Å². The number of nitrogens with two attached hydrogens (primary N) is 1. The minimum atomic E-state index is -0.461. The van der Waals surface area contributed by atoms with Crippen LogP contribution in [0.15, 0.2) is 76.2 Å². The third kappa shape index (κ3) is 2.56. The summed E-state index contributed by atoms with van der Waals surface area (Å²) in [6.07, 6.45) is 2.01. The van der Waals surface area contributed by atoms with Gasteiger partial charge in [0.2, 0.25) is 0 Å². The first-order valence-electron chi connectivity index (χ1n) is 9.92. The molecule has 5 rings (SSSR count). The Kier molecular flexibility index (Phi) is 4.18. The summed E-state index contributed by atoms with van der Waals surface area (Å²) in [4.78, 5) is 19.7. The zero-order chi connectivity index (χ0) is 20.8. The first kappa shape index (κ1) is 18.2. The Bertz CT molecular complexity index is 1200. The molecule has 2 heterocycles. The molecule has 148 valence electrons. The van der Waals surface area contributed by atoms with Crippen molar-refractivity contribution in [2.45, 2.75) is 25.2 Å². The monoisotopic (exact) mass is 396 g/mol. The fourth-order valence-corrected chi connectivity index (χ4v) is 4.60. The maximum Gasteiger partial charge on any atom is 0.161 e. The van der Waals surface area contributed by atoms with Crippen LogP contribution in [0, 0.1) is 11.3 Å². The van der Waals surface area contributed by atoms with Gasteiger partial charge in [-0.25, -0.2) is 4.99 Å². The van der Waals surface area contributed by atoms with Crippen LogP contribution in [0.3, 0.4) is 0 Å². The van der Waals surface area contributed by atoms with Gasteiger partial charge in [0.15, 0.2) is 11.6 Å². The number of ether oxygens (including phenoxy) is 1. The van der Waals surface area contributed by atoms with Crippen molar-refractivity contribution in [2.24, 2.45) is 10.7 Å². The minimum absolute atomic E-state index is 0.0869. The second kappa shape index (κ2) is 6.89. The van der Waals surface area contributed by atoms with Gasteiger partial charge in [0.25, 0.3) is 0 Å². The number of nitriles is 1. The maximum absolute atomic E-state index is 13.1. The van der Waals surface area contributed by atoms with Crippen molar-refractivity contribution in [3.8, 4) is 11.8 Å². The fourth-order valence-electron chi connectivity index (χ4n) is 4.60. The van der Waals surface area contributed by atoms with Crippen LogP contribution in [0.4, 0.5) is 5.69 Å². The van der Waals surface area contributed by atoms with E-state index in [9.17, 15) is 10.1 Å². The summed E-state index contributed by atoms with van der Waals surface area (Å²) in [6.45, 7) is 0. The molecular weight excluding hydrogens is 376 g/mol. The highest BCUT2D eigenvalue weighted by molar-refractivity contribution is 6.08. The van der Waals surface area contributed by atoms with Crippen LogP contribution in [-0.4, -0.2) is 18.7 Å². The molecule has 0 fully saturated rings. The van der Waals surface area contributed by atoms with E-state index in [4.69, 9.17) is 10.5 Å². The summed E-state index contributed by atoms with van der Waals surface area (Å²) in [5, 5.41) is 10.2. The van der Waals surface area contributed by atoms with Gasteiger partial charge >= 0.3 is 0 Å². The third-order valence-corrected chi connectivity index (χ3v) is 5.95. The van der Waals surface area contributed by atoms with Crippen LogP contribution in [0.5, 0.6) is 5.75 Å². The Morgan fingerprint density at radius 2 is 1.93 bits per heavy atom. The first-order chi connectivity index (χ1) is 14.6. The second-order valence-electron chi connectivity index (χ2n) is 7.54. The molecule has 0 saturated heterocycles. The van der Waals surface area contributed by atoms with Crippen molar-refractivity contribution in [3.05, 3.63) is 82.3 Å². The van der Waals surface area contributed by atoms with Gasteiger partial charge in [0, 0.05) is 23.3 Å². The average Bonchev–Trinajstić information content (AvgIpc) is 2.78.